The zero-order chi connectivity index (χ0) is 16.2. The fourth-order valence-corrected chi connectivity index (χ4v) is 2.92. The van der Waals surface area contributed by atoms with Crippen molar-refractivity contribution in [1.29, 1.82) is 0 Å². The van der Waals surface area contributed by atoms with Gasteiger partial charge in [-0.25, -0.2) is 9.97 Å². The summed E-state index contributed by atoms with van der Waals surface area (Å²) in [4.78, 5) is 20.6. The molecule has 0 aliphatic heterocycles. The maximum Gasteiger partial charge on any atom is 0.254 e. The first kappa shape index (κ1) is 15.6. The van der Waals surface area contributed by atoms with Gasteiger partial charge in [0, 0.05) is 18.4 Å². The van der Waals surface area contributed by atoms with Gasteiger partial charge in [0.25, 0.3) is 5.91 Å². The van der Waals surface area contributed by atoms with Crippen LogP contribution in [-0.4, -0.2) is 33.1 Å². The summed E-state index contributed by atoms with van der Waals surface area (Å²) in [5.41, 5.74) is 1.65. The number of carbonyl (C=O) groups excluding carboxylic acids is 1. The highest BCUT2D eigenvalue weighted by atomic mass is 16.3. The van der Waals surface area contributed by atoms with Crippen LogP contribution in [0.25, 0.3) is 0 Å². The standard InChI is InChI=1S/C18H21N3O2/c1-12-19-10-15(11-20-12)18(23)21-17(14-8-16(22)9-14)7-13-5-3-2-4-6-13/h2-6,10-11,14,16-17,22H,7-9H2,1H3,(H,21,23)/t14?,16?,17-/m1/s1. The van der Waals surface area contributed by atoms with Crippen LogP contribution in [0.2, 0.25) is 0 Å². The predicted octanol–water partition coefficient (Wildman–Crippen LogP) is 1.90. The molecule has 1 amide bonds. The molecule has 1 aromatic carbocycles. The Kier molecular flexibility index (Phi) is 4.67. The van der Waals surface area contributed by atoms with Gasteiger partial charge in [0.2, 0.25) is 0 Å². The molecular weight excluding hydrogens is 290 g/mol. The van der Waals surface area contributed by atoms with Crippen molar-refractivity contribution in [3.63, 3.8) is 0 Å². The van der Waals surface area contributed by atoms with Gasteiger partial charge in [-0.05, 0) is 37.7 Å². The Morgan fingerprint density at radius 1 is 1.26 bits per heavy atom. The topological polar surface area (TPSA) is 75.1 Å². The number of hydrogen-bond acceptors (Lipinski definition) is 4. The van der Waals surface area contributed by atoms with Gasteiger partial charge in [0.05, 0.1) is 11.7 Å². The van der Waals surface area contributed by atoms with E-state index in [0.717, 1.165) is 19.3 Å². The first-order chi connectivity index (χ1) is 11.1. The van der Waals surface area contributed by atoms with Gasteiger partial charge < -0.3 is 10.4 Å². The molecule has 1 aromatic heterocycles. The first-order valence-electron chi connectivity index (χ1n) is 7.93. The summed E-state index contributed by atoms with van der Waals surface area (Å²) in [5.74, 6) is 0.789. The molecule has 1 saturated carbocycles. The number of aryl methyl sites for hydroxylation is 1. The summed E-state index contributed by atoms with van der Waals surface area (Å²) in [6, 6.07) is 10.1. The molecule has 120 valence electrons. The first-order valence-corrected chi connectivity index (χ1v) is 7.93. The predicted molar refractivity (Wildman–Crippen MR) is 86.9 cm³/mol. The van der Waals surface area contributed by atoms with E-state index < -0.39 is 0 Å². The minimum Gasteiger partial charge on any atom is -0.393 e. The Balaban J connectivity index is 1.70. The van der Waals surface area contributed by atoms with Crippen LogP contribution < -0.4 is 5.32 Å². The minimum absolute atomic E-state index is 0.00889. The smallest absolute Gasteiger partial charge is 0.254 e. The Labute approximate surface area is 135 Å². The average molecular weight is 311 g/mol. The van der Waals surface area contributed by atoms with Crippen molar-refractivity contribution in [2.75, 3.05) is 0 Å². The van der Waals surface area contributed by atoms with Gasteiger partial charge >= 0.3 is 0 Å². The van der Waals surface area contributed by atoms with Crippen LogP contribution in [0, 0.1) is 12.8 Å². The number of rotatable bonds is 5. The maximum atomic E-state index is 12.4. The molecule has 0 radical (unpaired) electrons. The summed E-state index contributed by atoms with van der Waals surface area (Å²) < 4.78 is 0. The third kappa shape index (κ3) is 3.93. The molecule has 1 fully saturated rings. The molecule has 0 unspecified atom stereocenters. The van der Waals surface area contributed by atoms with Crippen molar-refractivity contribution in [1.82, 2.24) is 15.3 Å². The van der Waals surface area contributed by atoms with Gasteiger partial charge in [-0.15, -0.1) is 0 Å². The van der Waals surface area contributed by atoms with E-state index in [1.165, 1.54) is 5.56 Å². The van der Waals surface area contributed by atoms with Gasteiger partial charge in [-0.1, -0.05) is 30.3 Å². The zero-order valence-corrected chi connectivity index (χ0v) is 13.1. The quantitative estimate of drug-likeness (QED) is 0.884. The largest absolute Gasteiger partial charge is 0.393 e. The van der Waals surface area contributed by atoms with E-state index in [1.54, 1.807) is 19.3 Å². The number of nitrogens with zero attached hydrogens (tertiary/aromatic N) is 2. The molecule has 0 saturated heterocycles. The van der Waals surface area contributed by atoms with Crippen molar-refractivity contribution in [2.24, 2.45) is 5.92 Å². The van der Waals surface area contributed by atoms with Crippen LogP contribution in [0.5, 0.6) is 0 Å². The molecule has 5 nitrogen and oxygen atoms in total. The number of hydrogen-bond donors (Lipinski definition) is 2. The minimum atomic E-state index is -0.238. The van der Waals surface area contributed by atoms with Crippen LogP contribution in [0.15, 0.2) is 42.7 Å². The van der Waals surface area contributed by atoms with Crippen LogP contribution >= 0.6 is 0 Å². The second-order valence-corrected chi connectivity index (χ2v) is 6.17. The van der Waals surface area contributed by atoms with Crippen LogP contribution in [-0.2, 0) is 6.42 Å². The SMILES string of the molecule is Cc1ncc(C(=O)N[C@H](Cc2ccccc2)C2CC(O)C2)cn1. The summed E-state index contributed by atoms with van der Waals surface area (Å²) in [6.07, 6.45) is 5.10. The van der Waals surface area contributed by atoms with Crippen LogP contribution in [0.1, 0.15) is 34.6 Å². The molecule has 5 heteroatoms. The van der Waals surface area contributed by atoms with Crippen LogP contribution in [0.4, 0.5) is 0 Å². The highest BCUT2D eigenvalue weighted by Gasteiger charge is 2.34. The number of carbonyl (C=O) groups is 1. The van der Waals surface area contributed by atoms with Crippen molar-refractivity contribution >= 4 is 5.91 Å². The number of amides is 1. The Morgan fingerprint density at radius 3 is 2.52 bits per heavy atom. The van der Waals surface area contributed by atoms with E-state index in [0.29, 0.717) is 17.3 Å². The highest BCUT2D eigenvalue weighted by Crippen LogP contribution is 2.31. The average Bonchev–Trinajstić information content (AvgIpc) is 2.53. The molecule has 1 aliphatic rings. The van der Waals surface area contributed by atoms with E-state index >= 15 is 0 Å². The molecule has 3 rings (SSSR count). The fourth-order valence-electron chi connectivity index (χ4n) is 2.92. The third-order valence-electron chi connectivity index (χ3n) is 4.38. The lowest BCUT2D eigenvalue weighted by atomic mass is 9.75. The van der Waals surface area contributed by atoms with Crippen LogP contribution in [0.3, 0.4) is 0 Å². The normalized spacial score (nSPS) is 21.3. The second-order valence-electron chi connectivity index (χ2n) is 6.17. The van der Waals surface area contributed by atoms with E-state index in [-0.39, 0.29) is 18.1 Å². The zero-order valence-electron chi connectivity index (χ0n) is 13.1. The molecule has 0 spiro atoms. The summed E-state index contributed by atoms with van der Waals surface area (Å²) in [7, 11) is 0. The fraction of sp³-hybridized carbons (Fsp3) is 0.389. The van der Waals surface area contributed by atoms with Crippen molar-refractivity contribution in [3.8, 4) is 0 Å². The molecule has 0 bridgehead atoms. The van der Waals surface area contributed by atoms with E-state index in [9.17, 15) is 9.90 Å². The lowest BCUT2D eigenvalue weighted by Gasteiger charge is -2.38. The number of aromatic nitrogens is 2. The lowest BCUT2D eigenvalue weighted by Crippen LogP contribution is -2.48. The highest BCUT2D eigenvalue weighted by molar-refractivity contribution is 5.93. The van der Waals surface area contributed by atoms with Gasteiger partial charge in [-0.3, -0.25) is 4.79 Å². The Bertz CT molecular complexity index is 652. The Hall–Kier alpha value is -2.27. The third-order valence-corrected chi connectivity index (χ3v) is 4.38. The lowest BCUT2D eigenvalue weighted by molar-refractivity contribution is 0.0239. The molecule has 2 N–H and O–H groups in total. The summed E-state index contributed by atoms with van der Waals surface area (Å²) in [6.45, 7) is 1.79. The molecule has 2 aromatic rings. The number of nitrogens with one attached hydrogen (secondary N) is 1. The summed E-state index contributed by atoms with van der Waals surface area (Å²) >= 11 is 0. The molecule has 23 heavy (non-hydrogen) atoms. The molecular formula is C18H21N3O2. The number of benzene rings is 1. The van der Waals surface area contributed by atoms with Crippen molar-refractivity contribution < 1.29 is 9.90 Å². The second kappa shape index (κ2) is 6.87. The number of aliphatic hydroxyl groups is 1. The van der Waals surface area contributed by atoms with Gasteiger partial charge in [0.15, 0.2) is 0 Å². The molecule has 1 atom stereocenters. The van der Waals surface area contributed by atoms with E-state index in [4.69, 9.17) is 0 Å². The van der Waals surface area contributed by atoms with Crippen molar-refractivity contribution in [3.05, 3.63) is 59.7 Å². The summed E-state index contributed by atoms with van der Waals surface area (Å²) in [5, 5.41) is 12.7. The Morgan fingerprint density at radius 2 is 1.91 bits per heavy atom. The van der Waals surface area contributed by atoms with Gasteiger partial charge in [0.1, 0.15) is 5.82 Å². The van der Waals surface area contributed by atoms with E-state index in [1.807, 2.05) is 18.2 Å². The van der Waals surface area contributed by atoms with Gasteiger partial charge in [-0.2, -0.15) is 0 Å². The van der Waals surface area contributed by atoms with Crippen molar-refractivity contribution in [2.45, 2.75) is 38.3 Å². The monoisotopic (exact) mass is 311 g/mol. The molecule has 1 aliphatic carbocycles. The maximum absolute atomic E-state index is 12.4. The molecule has 1 heterocycles. The van der Waals surface area contributed by atoms with E-state index in [2.05, 4.69) is 27.4 Å². The number of aliphatic hydroxyl groups excluding tert-OH is 1.